The highest BCUT2D eigenvalue weighted by molar-refractivity contribution is 7.14. The molecule has 3 aromatic rings. The SMILES string of the molecule is O=C1c2c(O)c(=O)c(-c3nnc(Cc4ccc(F)cc4F)s3)cn2CC2[C@H]3CC[C@H](C3)N12. The van der Waals surface area contributed by atoms with Crippen LogP contribution < -0.4 is 5.43 Å². The van der Waals surface area contributed by atoms with Gasteiger partial charge >= 0.3 is 0 Å². The number of amides is 1. The van der Waals surface area contributed by atoms with E-state index in [4.69, 9.17) is 0 Å². The Morgan fingerprint density at radius 3 is 2.84 bits per heavy atom. The van der Waals surface area contributed by atoms with Crippen LogP contribution in [-0.2, 0) is 13.0 Å². The molecule has 1 N–H and O–H groups in total. The fraction of sp³-hybridized carbons (Fsp3) is 0.364. The van der Waals surface area contributed by atoms with E-state index in [-0.39, 0.29) is 46.2 Å². The van der Waals surface area contributed by atoms with E-state index in [0.717, 1.165) is 36.7 Å². The number of carbonyl (C=O) groups excluding carboxylic acids is 1. The van der Waals surface area contributed by atoms with Crippen molar-refractivity contribution in [1.29, 1.82) is 0 Å². The summed E-state index contributed by atoms with van der Waals surface area (Å²) in [6.07, 6.45) is 4.70. The summed E-state index contributed by atoms with van der Waals surface area (Å²) in [6.45, 7) is 0.523. The van der Waals surface area contributed by atoms with Crippen molar-refractivity contribution in [2.24, 2.45) is 5.92 Å². The Labute approximate surface area is 184 Å². The standard InChI is InChI=1S/C22H18F2N4O3S/c23-12-3-1-10(15(24)7-12)6-17-25-26-21(32-17)14-8-27-9-16-11-2-4-13(5-11)28(16)22(31)18(27)20(30)19(14)29/h1,3,7-8,11,13,16,30H,2,4-6,9H2/t11-,13+,16?/m0/s1. The number of aromatic nitrogens is 3. The number of nitrogens with zero attached hydrogens (tertiary/aromatic N) is 4. The van der Waals surface area contributed by atoms with Crippen molar-refractivity contribution in [3.63, 3.8) is 0 Å². The summed E-state index contributed by atoms with van der Waals surface area (Å²) >= 11 is 1.10. The first-order chi connectivity index (χ1) is 15.4. The van der Waals surface area contributed by atoms with Gasteiger partial charge in [0.1, 0.15) is 16.6 Å². The molecular weight excluding hydrogens is 438 g/mol. The van der Waals surface area contributed by atoms with Crippen LogP contribution in [0.15, 0.2) is 29.2 Å². The van der Waals surface area contributed by atoms with Gasteiger partial charge in [0, 0.05) is 31.3 Å². The maximum Gasteiger partial charge on any atom is 0.275 e. The van der Waals surface area contributed by atoms with Crippen LogP contribution in [0.5, 0.6) is 5.75 Å². The first-order valence-corrected chi connectivity index (χ1v) is 11.3. The molecule has 2 fully saturated rings. The predicted octanol–water partition coefficient (Wildman–Crippen LogP) is 2.95. The van der Waals surface area contributed by atoms with E-state index in [1.165, 1.54) is 12.1 Å². The van der Waals surface area contributed by atoms with Gasteiger partial charge in [0.2, 0.25) is 5.43 Å². The van der Waals surface area contributed by atoms with Crippen LogP contribution in [0.4, 0.5) is 8.78 Å². The smallest absolute Gasteiger partial charge is 0.275 e. The van der Waals surface area contributed by atoms with Gasteiger partial charge < -0.3 is 14.6 Å². The Balaban J connectivity index is 1.36. The van der Waals surface area contributed by atoms with Gasteiger partial charge in [0.15, 0.2) is 16.5 Å². The van der Waals surface area contributed by atoms with E-state index in [2.05, 4.69) is 10.2 Å². The summed E-state index contributed by atoms with van der Waals surface area (Å²) in [5, 5.41) is 19.5. The topological polar surface area (TPSA) is 88.3 Å². The lowest BCUT2D eigenvalue weighted by Gasteiger charge is -2.40. The summed E-state index contributed by atoms with van der Waals surface area (Å²) in [5.41, 5.74) is -0.233. The van der Waals surface area contributed by atoms with E-state index < -0.39 is 22.8 Å². The van der Waals surface area contributed by atoms with Crippen molar-refractivity contribution in [2.45, 2.75) is 44.3 Å². The number of fused-ring (bicyclic) bond motifs is 6. The van der Waals surface area contributed by atoms with Gasteiger partial charge in [-0.15, -0.1) is 10.2 Å². The van der Waals surface area contributed by atoms with E-state index in [0.29, 0.717) is 17.5 Å². The highest BCUT2D eigenvalue weighted by atomic mass is 32.1. The molecule has 1 saturated carbocycles. The molecule has 10 heteroatoms. The molecule has 6 rings (SSSR count). The molecule has 164 valence electrons. The molecule has 2 aromatic heterocycles. The zero-order valence-corrected chi connectivity index (χ0v) is 17.6. The average molecular weight is 456 g/mol. The Morgan fingerprint density at radius 1 is 1.19 bits per heavy atom. The van der Waals surface area contributed by atoms with E-state index in [9.17, 15) is 23.5 Å². The third kappa shape index (κ3) is 2.82. The largest absolute Gasteiger partial charge is 0.503 e. The molecule has 1 saturated heterocycles. The highest BCUT2D eigenvalue weighted by Crippen LogP contribution is 2.46. The number of hydrogen-bond donors (Lipinski definition) is 1. The Kier molecular flexibility index (Phi) is 4.23. The second-order valence-corrected chi connectivity index (χ2v) is 9.70. The van der Waals surface area contributed by atoms with E-state index >= 15 is 0 Å². The van der Waals surface area contributed by atoms with Crippen LogP contribution >= 0.6 is 11.3 Å². The van der Waals surface area contributed by atoms with Gasteiger partial charge in [0.25, 0.3) is 5.91 Å². The highest BCUT2D eigenvalue weighted by Gasteiger charge is 2.51. The molecular formula is C22H18F2N4O3S. The van der Waals surface area contributed by atoms with Crippen LogP contribution in [-0.4, -0.2) is 42.8 Å². The molecule has 4 heterocycles. The molecule has 2 bridgehead atoms. The Hall–Kier alpha value is -3.14. The number of benzene rings is 1. The van der Waals surface area contributed by atoms with Crippen molar-refractivity contribution in [2.75, 3.05) is 0 Å². The molecule has 3 aliphatic rings. The van der Waals surface area contributed by atoms with Gasteiger partial charge in [-0.3, -0.25) is 9.59 Å². The maximum absolute atomic E-state index is 14.0. The quantitative estimate of drug-likeness (QED) is 0.655. The number of aromatic hydroxyl groups is 1. The minimum absolute atomic E-state index is 0.0284. The van der Waals surface area contributed by atoms with Crippen molar-refractivity contribution < 1.29 is 18.7 Å². The zero-order valence-electron chi connectivity index (χ0n) is 16.8. The summed E-state index contributed by atoms with van der Waals surface area (Å²) < 4.78 is 28.8. The first kappa shape index (κ1) is 19.5. The summed E-state index contributed by atoms with van der Waals surface area (Å²) in [7, 11) is 0. The van der Waals surface area contributed by atoms with Gasteiger partial charge in [-0.25, -0.2) is 8.78 Å². The predicted molar refractivity (Wildman–Crippen MR) is 112 cm³/mol. The average Bonchev–Trinajstić information content (AvgIpc) is 3.49. The molecule has 0 radical (unpaired) electrons. The number of carbonyl (C=O) groups is 1. The fourth-order valence-electron chi connectivity index (χ4n) is 5.40. The summed E-state index contributed by atoms with van der Waals surface area (Å²) in [4.78, 5) is 27.8. The summed E-state index contributed by atoms with van der Waals surface area (Å²) in [5.74, 6) is -1.76. The number of pyridine rings is 1. The molecule has 0 spiro atoms. The fourth-order valence-corrected chi connectivity index (χ4v) is 6.27. The number of piperidine rings is 1. The third-order valence-corrected chi connectivity index (χ3v) is 7.83. The van der Waals surface area contributed by atoms with Crippen molar-refractivity contribution >= 4 is 17.2 Å². The van der Waals surface area contributed by atoms with Gasteiger partial charge in [-0.1, -0.05) is 17.4 Å². The number of rotatable bonds is 3. The van der Waals surface area contributed by atoms with Gasteiger partial charge in [-0.05, 0) is 36.8 Å². The van der Waals surface area contributed by atoms with Gasteiger partial charge in [-0.2, -0.15) is 0 Å². The van der Waals surface area contributed by atoms with Crippen LogP contribution in [0.2, 0.25) is 0 Å². The Bertz CT molecular complexity index is 1340. The molecule has 32 heavy (non-hydrogen) atoms. The second-order valence-electron chi connectivity index (χ2n) is 8.64. The zero-order chi connectivity index (χ0) is 22.1. The van der Waals surface area contributed by atoms with Crippen molar-refractivity contribution in [1.82, 2.24) is 19.7 Å². The number of hydrogen-bond acceptors (Lipinski definition) is 6. The minimum Gasteiger partial charge on any atom is -0.503 e. The van der Waals surface area contributed by atoms with Crippen molar-refractivity contribution in [3.8, 4) is 16.3 Å². The van der Waals surface area contributed by atoms with Crippen LogP contribution in [0.1, 0.15) is 40.3 Å². The Morgan fingerprint density at radius 2 is 2.03 bits per heavy atom. The molecule has 3 atom stereocenters. The molecule has 1 unspecified atom stereocenters. The minimum atomic E-state index is -0.679. The summed E-state index contributed by atoms with van der Waals surface area (Å²) in [6, 6.07) is 3.59. The maximum atomic E-state index is 14.0. The van der Waals surface area contributed by atoms with E-state index in [1.54, 1.807) is 10.8 Å². The van der Waals surface area contributed by atoms with E-state index in [1.807, 2.05) is 4.90 Å². The third-order valence-electron chi connectivity index (χ3n) is 6.87. The monoisotopic (exact) mass is 456 g/mol. The molecule has 1 amide bonds. The van der Waals surface area contributed by atoms with Crippen LogP contribution in [0, 0.1) is 17.6 Å². The lowest BCUT2D eigenvalue weighted by atomic mass is 9.96. The first-order valence-electron chi connectivity index (χ1n) is 10.5. The second kappa shape index (κ2) is 6.93. The van der Waals surface area contributed by atoms with Crippen LogP contribution in [0.25, 0.3) is 10.6 Å². The molecule has 7 nitrogen and oxygen atoms in total. The van der Waals surface area contributed by atoms with Crippen LogP contribution in [0.3, 0.4) is 0 Å². The normalized spacial score (nSPS) is 23.5. The number of halogens is 2. The lowest BCUT2D eigenvalue weighted by Crippen LogP contribution is -2.52. The molecule has 1 aliphatic carbocycles. The lowest BCUT2D eigenvalue weighted by molar-refractivity contribution is 0.0483. The van der Waals surface area contributed by atoms with Gasteiger partial charge in [0.05, 0.1) is 11.6 Å². The van der Waals surface area contributed by atoms with Crippen molar-refractivity contribution in [3.05, 3.63) is 62.5 Å². The molecule has 1 aromatic carbocycles. The molecule has 2 aliphatic heterocycles.